The van der Waals surface area contributed by atoms with Crippen molar-refractivity contribution in [2.75, 3.05) is 0 Å². The predicted molar refractivity (Wildman–Crippen MR) is 81.9 cm³/mol. The average molecular weight is 374 g/mol. The summed E-state index contributed by atoms with van der Waals surface area (Å²) in [5, 5.41) is 0. The van der Waals surface area contributed by atoms with E-state index in [1.54, 1.807) is 0 Å². The highest BCUT2D eigenvalue weighted by Crippen LogP contribution is 2.34. The van der Waals surface area contributed by atoms with Crippen molar-refractivity contribution < 1.29 is 4.79 Å². The molecule has 1 aliphatic rings. The van der Waals surface area contributed by atoms with Crippen molar-refractivity contribution in [3.05, 3.63) is 32.7 Å². The van der Waals surface area contributed by atoms with Crippen LogP contribution in [0.15, 0.2) is 27.1 Å². The van der Waals surface area contributed by atoms with Crippen LogP contribution in [-0.4, -0.2) is 5.78 Å². The normalized spacial score (nSPS) is 23.9. The van der Waals surface area contributed by atoms with Gasteiger partial charge in [-0.1, -0.05) is 45.2 Å². The first-order chi connectivity index (χ1) is 8.61. The number of benzene rings is 1. The molecule has 3 heteroatoms. The number of hydrogen-bond acceptors (Lipinski definition) is 1. The Morgan fingerprint density at radius 2 is 1.89 bits per heavy atom. The minimum absolute atomic E-state index is 0.227. The molecule has 1 aromatic rings. The summed E-state index contributed by atoms with van der Waals surface area (Å²) < 4.78 is 1.90. The van der Waals surface area contributed by atoms with Gasteiger partial charge in [0.05, 0.1) is 0 Å². The summed E-state index contributed by atoms with van der Waals surface area (Å²) >= 11 is 6.91. The van der Waals surface area contributed by atoms with Crippen LogP contribution in [0.5, 0.6) is 0 Å². The summed E-state index contributed by atoms with van der Waals surface area (Å²) in [5.74, 6) is 1.37. The zero-order valence-corrected chi connectivity index (χ0v) is 13.8. The first kappa shape index (κ1) is 14.3. The van der Waals surface area contributed by atoms with E-state index >= 15 is 0 Å². The molecular formula is C15H18Br2O. The molecule has 0 saturated heterocycles. The molecule has 1 saturated carbocycles. The molecule has 0 aromatic heterocycles. The van der Waals surface area contributed by atoms with Gasteiger partial charge >= 0.3 is 0 Å². The highest BCUT2D eigenvalue weighted by atomic mass is 79.9. The second-order valence-corrected chi connectivity index (χ2v) is 6.88. The van der Waals surface area contributed by atoms with Crippen molar-refractivity contribution >= 4 is 37.6 Å². The van der Waals surface area contributed by atoms with Gasteiger partial charge in [0.2, 0.25) is 0 Å². The van der Waals surface area contributed by atoms with Gasteiger partial charge in [-0.3, -0.25) is 4.79 Å². The number of rotatable bonds is 3. The summed E-state index contributed by atoms with van der Waals surface area (Å²) in [4.78, 5) is 12.5. The third-order valence-electron chi connectivity index (χ3n) is 3.99. The monoisotopic (exact) mass is 372 g/mol. The van der Waals surface area contributed by atoms with Gasteiger partial charge in [0.25, 0.3) is 0 Å². The summed E-state index contributed by atoms with van der Waals surface area (Å²) in [7, 11) is 0. The predicted octanol–water partition coefficient (Wildman–Crippen LogP) is 5.61. The van der Waals surface area contributed by atoms with Gasteiger partial charge in [-0.15, -0.1) is 0 Å². The molecule has 1 aromatic carbocycles. The molecule has 0 bridgehead atoms. The van der Waals surface area contributed by atoms with E-state index < -0.39 is 0 Å². The zero-order chi connectivity index (χ0) is 13.1. The number of hydrogen-bond donors (Lipinski definition) is 0. The Labute approximate surface area is 126 Å². The second kappa shape index (κ2) is 6.33. The van der Waals surface area contributed by atoms with Gasteiger partial charge in [0.15, 0.2) is 5.78 Å². The van der Waals surface area contributed by atoms with Crippen LogP contribution in [0.3, 0.4) is 0 Å². The molecule has 1 aliphatic carbocycles. The van der Waals surface area contributed by atoms with Crippen LogP contribution in [0.4, 0.5) is 0 Å². The van der Waals surface area contributed by atoms with Crippen LogP contribution < -0.4 is 0 Å². The van der Waals surface area contributed by atoms with Crippen LogP contribution in [-0.2, 0) is 0 Å². The van der Waals surface area contributed by atoms with Crippen LogP contribution in [0.2, 0.25) is 0 Å². The lowest BCUT2D eigenvalue weighted by Crippen LogP contribution is -2.22. The molecule has 2 rings (SSSR count). The van der Waals surface area contributed by atoms with Crippen LogP contribution >= 0.6 is 31.9 Å². The summed E-state index contributed by atoms with van der Waals surface area (Å²) in [5.41, 5.74) is 0.832. The fourth-order valence-corrected chi connectivity index (χ4v) is 3.98. The maximum Gasteiger partial charge on any atom is 0.167 e. The van der Waals surface area contributed by atoms with E-state index in [4.69, 9.17) is 0 Å². The van der Waals surface area contributed by atoms with E-state index in [0.717, 1.165) is 33.3 Å². The molecular weight excluding hydrogens is 356 g/mol. The largest absolute Gasteiger partial charge is 0.294 e. The number of ketones is 1. The lowest BCUT2D eigenvalue weighted by atomic mass is 9.78. The topological polar surface area (TPSA) is 17.1 Å². The Balaban J connectivity index is 2.08. The quantitative estimate of drug-likeness (QED) is 0.629. The molecule has 0 N–H and O–H groups in total. The molecule has 0 heterocycles. The molecule has 18 heavy (non-hydrogen) atoms. The molecule has 98 valence electrons. The molecule has 0 amide bonds. The van der Waals surface area contributed by atoms with Gasteiger partial charge < -0.3 is 0 Å². The van der Waals surface area contributed by atoms with Crippen molar-refractivity contribution in [1.29, 1.82) is 0 Å². The van der Waals surface area contributed by atoms with E-state index in [-0.39, 0.29) is 5.92 Å². The van der Waals surface area contributed by atoms with Crippen molar-refractivity contribution in [2.45, 2.75) is 39.0 Å². The fraction of sp³-hybridized carbons (Fsp3) is 0.533. The van der Waals surface area contributed by atoms with E-state index in [1.165, 1.54) is 19.3 Å². The Kier molecular flexibility index (Phi) is 5.02. The SMILES string of the molecule is CCC1CCC(C(=O)c2ccc(Br)cc2Br)CC1. The molecule has 1 nitrogen and oxygen atoms in total. The van der Waals surface area contributed by atoms with Crippen LogP contribution in [0.25, 0.3) is 0 Å². The highest BCUT2D eigenvalue weighted by Gasteiger charge is 2.27. The number of carbonyl (C=O) groups excluding carboxylic acids is 1. The van der Waals surface area contributed by atoms with Gasteiger partial charge in [-0.05, 0) is 49.8 Å². The van der Waals surface area contributed by atoms with E-state index in [1.807, 2.05) is 18.2 Å². The Hall–Kier alpha value is -0.150. The smallest absolute Gasteiger partial charge is 0.167 e. The Bertz CT molecular complexity index is 434. The van der Waals surface area contributed by atoms with Crippen molar-refractivity contribution in [3.63, 3.8) is 0 Å². The second-order valence-electron chi connectivity index (χ2n) is 5.11. The van der Waals surface area contributed by atoms with Gasteiger partial charge in [-0.2, -0.15) is 0 Å². The molecule has 0 spiro atoms. The first-order valence-electron chi connectivity index (χ1n) is 6.61. The minimum atomic E-state index is 0.227. The maximum absolute atomic E-state index is 12.5. The van der Waals surface area contributed by atoms with E-state index in [9.17, 15) is 4.79 Å². The summed E-state index contributed by atoms with van der Waals surface area (Å²) in [6, 6.07) is 5.81. The Morgan fingerprint density at radius 1 is 1.22 bits per heavy atom. The number of Topliss-reactive ketones (excluding diaryl/α,β-unsaturated/α-hetero) is 1. The zero-order valence-electron chi connectivity index (χ0n) is 10.6. The number of halogens is 2. The third-order valence-corrected chi connectivity index (χ3v) is 5.14. The lowest BCUT2D eigenvalue weighted by Gasteiger charge is -2.27. The van der Waals surface area contributed by atoms with Gasteiger partial charge in [-0.25, -0.2) is 0 Å². The summed E-state index contributed by atoms with van der Waals surface area (Å²) in [6.45, 7) is 2.25. The van der Waals surface area contributed by atoms with E-state index in [2.05, 4.69) is 38.8 Å². The fourth-order valence-electron chi connectivity index (χ4n) is 2.74. The van der Waals surface area contributed by atoms with Gasteiger partial charge in [0.1, 0.15) is 0 Å². The lowest BCUT2D eigenvalue weighted by molar-refractivity contribution is 0.0870. The van der Waals surface area contributed by atoms with Gasteiger partial charge in [0, 0.05) is 20.4 Å². The summed E-state index contributed by atoms with van der Waals surface area (Å²) in [6.07, 6.45) is 5.78. The molecule has 0 atom stereocenters. The maximum atomic E-state index is 12.5. The average Bonchev–Trinajstić information content (AvgIpc) is 2.38. The first-order valence-corrected chi connectivity index (χ1v) is 8.19. The third kappa shape index (κ3) is 3.24. The Morgan fingerprint density at radius 3 is 2.44 bits per heavy atom. The van der Waals surface area contributed by atoms with Crippen molar-refractivity contribution in [1.82, 2.24) is 0 Å². The molecule has 1 fully saturated rings. The van der Waals surface area contributed by atoms with Crippen LogP contribution in [0, 0.1) is 11.8 Å². The minimum Gasteiger partial charge on any atom is -0.294 e. The van der Waals surface area contributed by atoms with Crippen LogP contribution in [0.1, 0.15) is 49.4 Å². The highest BCUT2D eigenvalue weighted by molar-refractivity contribution is 9.11. The van der Waals surface area contributed by atoms with Crippen molar-refractivity contribution in [3.8, 4) is 0 Å². The van der Waals surface area contributed by atoms with Crippen molar-refractivity contribution in [2.24, 2.45) is 11.8 Å². The number of carbonyl (C=O) groups is 1. The standard InChI is InChI=1S/C15H18Br2O/c1-2-10-3-5-11(6-4-10)15(18)13-8-7-12(16)9-14(13)17/h7-11H,2-6H2,1H3. The molecule has 0 aliphatic heterocycles. The molecule has 0 radical (unpaired) electrons. The van der Waals surface area contributed by atoms with E-state index in [0.29, 0.717) is 5.78 Å². The molecule has 0 unspecified atom stereocenters.